The monoisotopic (exact) mass is 558 g/mol. The molecule has 0 bridgehead atoms. The predicted molar refractivity (Wildman–Crippen MR) is 170 cm³/mol. The summed E-state index contributed by atoms with van der Waals surface area (Å²) in [6.07, 6.45) is 4.71. The zero-order valence-electron chi connectivity index (χ0n) is 24.2. The number of benzene rings is 4. The van der Waals surface area contributed by atoms with Crippen LogP contribution in [0.15, 0.2) is 84.9 Å². The first-order valence-corrected chi connectivity index (χ1v) is 13.9. The van der Waals surface area contributed by atoms with E-state index in [0.717, 1.165) is 34.2 Å². The number of para-hydroxylation sites is 1. The third-order valence-electron chi connectivity index (χ3n) is 7.74. The van der Waals surface area contributed by atoms with Gasteiger partial charge in [-0.05, 0) is 89.6 Å². The Labute approximate surface area is 246 Å². The number of carbonyl (C=O) groups excluding carboxylic acids is 2. The third-order valence-corrected chi connectivity index (χ3v) is 7.74. The maximum absolute atomic E-state index is 12.4. The lowest BCUT2D eigenvalue weighted by atomic mass is 9.80. The number of nitrogens with two attached hydrogens (primary N) is 2. The molecule has 0 saturated carbocycles. The van der Waals surface area contributed by atoms with Crippen molar-refractivity contribution in [1.82, 2.24) is 0 Å². The summed E-state index contributed by atoms with van der Waals surface area (Å²) < 4.78 is 10.7. The van der Waals surface area contributed by atoms with Gasteiger partial charge in [-0.25, -0.2) is 9.59 Å². The molecule has 2 heterocycles. The number of ether oxygens (including phenoxy) is 2. The number of anilines is 2. The van der Waals surface area contributed by atoms with E-state index in [2.05, 4.69) is 32.9 Å². The molecule has 0 atom stereocenters. The van der Waals surface area contributed by atoms with E-state index in [4.69, 9.17) is 20.9 Å². The maximum Gasteiger partial charge on any atom is 0.344 e. The van der Waals surface area contributed by atoms with Gasteiger partial charge in [0.15, 0.2) is 0 Å². The van der Waals surface area contributed by atoms with Gasteiger partial charge < -0.3 is 20.9 Å². The molecule has 6 nitrogen and oxygen atoms in total. The molecule has 2 aliphatic rings. The number of aryl methyl sites for hydroxylation is 1. The molecular weight excluding hydrogens is 524 g/mol. The Morgan fingerprint density at radius 1 is 0.714 bits per heavy atom. The van der Waals surface area contributed by atoms with Gasteiger partial charge in [0, 0.05) is 22.5 Å². The highest BCUT2D eigenvalue weighted by Gasteiger charge is 2.31. The van der Waals surface area contributed by atoms with Crippen molar-refractivity contribution in [3.8, 4) is 11.5 Å². The number of nitrogen functional groups attached to an aromatic ring is 2. The van der Waals surface area contributed by atoms with Crippen LogP contribution in [0.3, 0.4) is 0 Å². The average Bonchev–Trinajstić information content (AvgIpc) is 3.47. The number of esters is 2. The van der Waals surface area contributed by atoms with Crippen LogP contribution in [0, 0.1) is 6.92 Å². The topological polar surface area (TPSA) is 105 Å². The molecule has 6 rings (SSSR count). The molecule has 0 unspecified atom stereocenters. The zero-order valence-corrected chi connectivity index (χ0v) is 24.2. The summed E-state index contributed by atoms with van der Waals surface area (Å²) in [4.78, 5) is 24.2. The van der Waals surface area contributed by atoms with Crippen LogP contribution in [0.1, 0.15) is 60.6 Å². The van der Waals surface area contributed by atoms with Crippen LogP contribution in [0.5, 0.6) is 11.5 Å². The van der Waals surface area contributed by atoms with E-state index in [1.807, 2.05) is 73.7 Å². The first kappa shape index (κ1) is 28.4. The molecule has 42 heavy (non-hydrogen) atoms. The summed E-state index contributed by atoms with van der Waals surface area (Å²) in [6, 6.07) is 26.4. The van der Waals surface area contributed by atoms with Crippen LogP contribution in [-0.2, 0) is 15.0 Å². The Hall–Kier alpha value is -5.10. The summed E-state index contributed by atoms with van der Waals surface area (Å²) in [7, 11) is 0. The first-order valence-electron chi connectivity index (χ1n) is 13.9. The lowest BCUT2D eigenvalue weighted by Crippen LogP contribution is -2.15. The predicted octanol–water partition coefficient (Wildman–Crippen LogP) is 7.45. The van der Waals surface area contributed by atoms with Crippen molar-refractivity contribution in [2.45, 2.75) is 39.5 Å². The summed E-state index contributed by atoms with van der Waals surface area (Å²) >= 11 is 0. The Bertz CT molecular complexity index is 1730. The van der Waals surface area contributed by atoms with Crippen molar-refractivity contribution in [3.63, 3.8) is 0 Å². The summed E-state index contributed by atoms with van der Waals surface area (Å²) in [5.74, 6) is 0.686. The van der Waals surface area contributed by atoms with Crippen molar-refractivity contribution in [3.05, 3.63) is 118 Å². The van der Waals surface area contributed by atoms with Gasteiger partial charge >= 0.3 is 11.9 Å². The lowest BCUT2D eigenvalue weighted by Gasteiger charge is -2.24. The van der Waals surface area contributed by atoms with Crippen LogP contribution in [0.2, 0.25) is 0 Å². The minimum atomic E-state index is -0.312. The second-order valence-electron chi connectivity index (χ2n) is 11.1. The number of carbonyl (C=O) groups is 2. The molecule has 0 aliphatic carbocycles. The molecule has 0 radical (unpaired) electrons. The van der Waals surface area contributed by atoms with Gasteiger partial charge in [0.1, 0.15) is 11.5 Å². The van der Waals surface area contributed by atoms with E-state index < -0.39 is 0 Å². The van der Waals surface area contributed by atoms with Crippen LogP contribution in [0.25, 0.3) is 23.3 Å². The van der Waals surface area contributed by atoms with Gasteiger partial charge in [0.2, 0.25) is 0 Å². The van der Waals surface area contributed by atoms with Gasteiger partial charge in [-0.3, -0.25) is 0 Å². The van der Waals surface area contributed by atoms with Crippen molar-refractivity contribution in [2.75, 3.05) is 11.5 Å². The lowest BCUT2D eigenvalue weighted by molar-refractivity contribution is -0.127. The Balaban J connectivity index is 0.000000175. The molecule has 4 aromatic carbocycles. The molecule has 4 N–H and O–H groups in total. The van der Waals surface area contributed by atoms with Gasteiger partial charge in [-0.15, -0.1) is 0 Å². The summed E-state index contributed by atoms with van der Waals surface area (Å²) in [5.41, 5.74) is 19.8. The second kappa shape index (κ2) is 11.4. The van der Waals surface area contributed by atoms with Crippen molar-refractivity contribution >= 4 is 46.6 Å². The van der Waals surface area contributed by atoms with Crippen LogP contribution < -0.4 is 20.9 Å². The fourth-order valence-electron chi connectivity index (χ4n) is 4.80. The van der Waals surface area contributed by atoms with Gasteiger partial charge in [0.25, 0.3) is 0 Å². The number of hydrogen-bond acceptors (Lipinski definition) is 6. The molecular formula is C36H34N2O4. The Morgan fingerprint density at radius 2 is 1.24 bits per heavy atom. The van der Waals surface area contributed by atoms with Crippen LogP contribution >= 0.6 is 0 Å². The quantitative estimate of drug-likeness (QED) is 0.117. The Morgan fingerprint density at radius 3 is 1.81 bits per heavy atom. The first-order chi connectivity index (χ1) is 20.1. The molecule has 2 aliphatic heterocycles. The van der Waals surface area contributed by atoms with E-state index in [9.17, 15) is 9.59 Å². The number of hydrogen-bond donors (Lipinski definition) is 2. The molecule has 4 aromatic rings. The highest BCUT2D eigenvalue weighted by molar-refractivity contribution is 6.26. The molecule has 0 fully saturated rings. The second-order valence-corrected chi connectivity index (χ2v) is 11.1. The largest absolute Gasteiger partial charge is 0.422 e. The van der Waals surface area contributed by atoms with E-state index in [-0.39, 0.29) is 17.4 Å². The smallest absolute Gasteiger partial charge is 0.344 e. The van der Waals surface area contributed by atoms with Crippen molar-refractivity contribution in [2.24, 2.45) is 0 Å². The third kappa shape index (κ3) is 5.84. The molecule has 0 spiro atoms. The van der Waals surface area contributed by atoms with E-state index in [1.165, 1.54) is 5.56 Å². The zero-order chi connectivity index (χ0) is 30.0. The highest BCUT2D eigenvalue weighted by Crippen LogP contribution is 2.42. The maximum atomic E-state index is 12.4. The van der Waals surface area contributed by atoms with Crippen molar-refractivity contribution in [1.29, 1.82) is 0 Å². The summed E-state index contributed by atoms with van der Waals surface area (Å²) in [6.45, 7) is 8.60. The fraction of sp³-hybridized carbons (Fsp3) is 0.167. The van der Waals surface area contributed by atoms with Crippen molar-refractivity contribution < 1.29 is 19.1 Å². The number of rotatable bonds is 4. The highest BCUT2D eigenvalue weighted by atomic mass is 16.5. The minimum absolute atomic E-state index is 0.0533. The standard InChI is InChI=1S/C21H23NO2.C15H11NO2/c1-5-21(3,4)15-10-13(2)19-17(12-15)18(20(23)24-19)11-14-6-8-16(22)9-7-14;16-11-7-5-10(6-8-11)9-13-12-3-1-2-4-14(12)18-15(13)17/h6-12H,5,22H2,1-4H3;1-9H,16H2/b18-11-;13-9-. The number of fused-ring (bicyclic) bond motifs is 2. The van der Waals surface area contributed by atoms with Crippen LogP contribution in [0.4, 0.5) is 11.4 Å². The molecule has 0 amide bonds. The molecule has 0 saturated heterocycles. The SMILES string of the molecule is CCC(C)(C)c1cc(C)c2c(c1)/C(=C/c1ccc(N)cc1)C(=O)O2.Nc1ccc(/C=C2\C(=O)Oc3ccccc32)cc1. The normalized spacial score (nSPS) is 15.5. The molecule has 0 aromatic heterocycles. The van der Waals surface area contributed by atoms with E-state index in [1.54, 1.807) is 18.2 Å². The van der Waals surface area contributed by atoms with Gasteiger partial charge in [-0.1, -0.05) is 69.3 Å². The average molecular weight is 559 g/mol. The summed E-state index contributed by atoms with van der Waals surface area (Å²) in [5, 5.41) is 0. The van der Waals surface area contributed by atoms with E-state index >= 15 is 0 Å². The van der Waals surface area contributed by atoms with Gasteiger partial charge in [-0.2, -0.15) is 0 Å². The fourth-order valence-corrected chi connectivity index (χ4v) is 4.80. The van der Waals surface area contributed by atoms with E-state index in [0.29, 0.717) is 34.0 Å². The molecule has 212 valence electrons. The van der Waals surface area contributed by atoms with Gasteiger partial charge in [0.05, 0.1) is 11.1 Å². The van der Waals surface area contributed by atoms with Crippen LogP contribution in [-0.4, -0.2) is 11.9 Å². The minimum Gasteiger partial charge on any atom is -0.422 e. The Kier molecular flexibility index (Phi) is 7.72. The molecule has 6 heteroatoms.